The van der Waals surface area contributed by atoms with E-state index in [0.717, 1.165) is 5.56 Å². The monoisotopic (exact) mass is 608 g/mol. The van der Waals surface area contributed by atoms with Gasteiger partial charge in [-0.05, 0) is 41.8 Å². The highest BCUT2D eigenvalue weighted by Crippen LogP contribution is 2.58. The summed E-state index contributed by atoms with van der Waals surface area (Å²) >= 11 is 0. The van der Waals surface area contributed by atoms with Crippen LogP contribution in [-0.4, -0.2) is 75.7 Å². The summed E-state index contributed by atoms with van der Waals surface area (Å²) in [4.78, 5) is 27.7. The minimum atomic E-state index is -1.89. The van der Waals surface area contributed by atoms with Gasteiger partial charge in [0.2, 0.25) is 5.78 Å². The van der Waals surface area contributed by atoms with Crippen LogP contribution in [0.25, 0.3) is 11.1 Å². The Hall–Kier alpha value is -4.16. The van der Waals surface area contributed by atoms with Gasteiger partial charge in [-0.25, -0.2) is 4.79 Å². The minimum absolute atomic E-state index is 0.160. The van der Waals surface area contributed by atoms with E-state index in [-0.39, 0.29) is 22.6 Å². The number of ketones is 1. The van der Waals surface area contributed by atoms with E-state index in [4.69, 9.17) is 42.6 Å². The molecule has 5 rings (SSSR count). The summed E-state index contributed by atoms with van der Waals surface area (Å²) in [5.41, 5.74) is 4.76. The van der Waals surface area contributed by atoms with Gasteiger partial charge in [-0.15, -0.1) is 0 Å². The molecule has 0 aliphatic heterocycles. The first-order valence-corrected chi connectivity index (χ1v) is 13.7. The van der Waals surface area contributed by atoms with Crippen molar-refractivity contribution < 1.29 is 52.2 Å². The van der Waals surface area contributed by atoms with Crippen LogP contribution in [0.15, 0.2) is 24.3 Å². The van der Waals surface area contributed by atoms with Crippen LogP contribution in [0.3, 0.4) is 0 Å². The van der Waals surface area contributed by atoms with Crippen molar-refractivity contribution in [1.29, 1.82) is 0 Å². The first-order chi connectivity index (χ1) is 21.2. The van der Waals surface area contributed by atoms with Crippen LogP contribution >= 0.6 is 0 Å². The molecule has 0 fully saturated rings. The Balaban J connectivity index is 2.00. The van der Waals surface area contributed by atoms with Crippen molar-refractivity contribution in [2.75, 3.05) is 64.0 Å². The largest absolute Gasteiger partial charge is 0.497 e. The topological polar surface area (TPSA) is 117 Å². The fraction of sp³-hybridized carbons (Fsp3) is 0.394. The fourth-order valence-corrected chi connectivity index (χ4v) is 6.67. The molecule has 0 saturated heterocycles. The van der Waals surface area contributed by atoms with Crippen LogP contribution in [0.2, 0.25) is 0 Å². The van der Waals surface area contributed by atoms with E-state index in [1.54, 1.807) is 47.5 Å². The van der Waals surface area contributed by atoms with Crippen molar-refractivity contribution >= 4 is 11.8 Å². The van der Waals surface area contributed by atoms with E-state index < -0.39 is 29.7 Å². The standard InChI is InChI=1S/C33H36O11/c1-15-11-20-23(28(39-5)22(15)32(35)42-8)17-14-19-25(30(41-7)26(17)31(34)33(20,43-9)44-10)29(40-6)24-18(27(19)38-4)12-16(36-2)13-21(24)37-3/h11-14,27,29H,1-10H3. The first kappa shape index (κ1) is 31.3. The zero-order valence-corrected chi connectivity index (χ0v) is 26.5. The van der Waals surface area contributed by atoms with E-state index >= 15 is 0 Å². The molecule has 3 aromatic carbocycles. The molecule has 11 heteroatoms. The van der Waals surface area contributed by atoms with E-state index in [0.29, 0.717) is 50.4 Å². The molecule has 2 atom stereocenters. The molecule has 0 amide bonds. The lowest BCUT2D eigenvalue weighted by molar-refractivity contribution is -0.176. The molecule has 0 saturated carbocycles. The number of hydrogen-bond acceptors (Lipinski definition) is 11. The summed E-state index contributed by atoms with van der Waals surface area (Å²) in [6, 6.07) is 7.15. The number of aryl methyl sites for hydroxylation is 1. The molecule has 3 aromatic rings. The van der Waals surface area contributed by atoms with Gasteiger partial charge in [-0.1, -0.05) is 0 Å². The van der Waals surface area contributed by atoms with Gasteiger partial charge in [0, 0.05) is 62.3 Å². The molecule has 0 bridgehead atoms. The average Bonchev–Trinajstić information content (AvgIpc) is 3.05. The lowest BCUT2D eigenvalue weighted by atomic mass is 9.72. The average molecular weight is 609 g/mol. The minimum Gasteiger partial charge on any atom is -0.497 e. The highest BCUT2D eigenvalue weighted by molar-refractivity contribution is 6.15. The van der Waals surface area contributed by atoms with Crippen LogP contribution in [0.5, 0.6) is 23.0 Å². The quantitative estimate of drug-likeness (QED) is 0.244. The van der Waals surface area contributed by atoms with Crippen molar-refractivity contribution in [3.8, 4) is 34.1 Å². The van der Waals surface area contributed by atoms with Crippen LogP contribution < -0.4 is 18.9 Å². The number of Topliss-reactive ketones (excluding diaryl/α,β-unsaturated/α-hetero) is 1. The lowest BCUT2D eigenvalue weighted by Crippen LogP contribution is -2.43. The van der Waals surface area contributed by atoms with Gasteiger partial charge in [0.15, 0.2) is 0 Å². The molecule has 11 nitrogen and oxygen atoms in total. The van der Waals surface area contributed by atoms with E-state index in [1.807, 2.05) is 12.1 Å². The van der Waals surface area contributed by atoms with Gasteiger partial charge in [-0.3, -0.25) is 4.79 Å². The maximum Gasteiger partial charge on any atom is 0.341 e. The number of hydrogen-bond donors (Lipinski definition) is 0. The van der Waals surface area contributed by atoms with Crippen LogP contribution in [0.1, 0.15) is 66.3 Å². The Labute approximate surface area is 255 Å². The van der Waals surface area contributed by atoms with Gasteiger partial charge in [0.05, 0.1) is 41.1 Å². The Bertz CT molecular complexity index is 1650. The Kier molecular flexibility index (Phi) is 8.34. The summed E-state index contributed by atoms with van der Waals surface area (Å²) < 4.78 is 52.4. The molecule has 0 radical (unpaired) electrons. The molecular weight excluding hydrogens is 572 g/mol. The number of carbonyl (C=O) groups is 2. The van der Waals surface area contributed by atoms with Crippen LogP contribution in [0, 0.1) is 6.92 Å². The van der Waals surface area contributed by atoms with Crippen LogP contribution in [-0.2, 0) is 29.5 Å². The highest BCUT2D eigenvalue weighted by atomic mass is 16.7. The molecular formula is C33H36O11. The molecule has 0 heterocycles. The van der Waals surface area contributed by atoms with E-state index in [1.165, 1.54) is 35.5 Å². The highest BCUT2D eigenvalue weighted by Gasteiger charge is 2.53. The lowest BCUT2D eigenvalue weighted by Gasteiger charge is -2.40. The zero-order chi connectivity index (χ0) is 32.1. The number of esters is 1. The molecule has 0 spiro atoms. The summed E-state index contributed by atoms with van der Waals surface area (Å²) in [5, 5.41) is 0. The molecule has 2 unspecified atom stereocenters. The van der Waals surface area contributed by atoms with Gasteiger partial charge in [0.25, 0.3) is 5.79 Å². The van der Waals surface area contributed by atoms with Gasteiger partial charge in [0.1, 0.15) is 40.8 Å². The molecule has 0 N–H and O–H groups in total. The van der Waals surface area contributed by atoms with Gasteiger partial charge >= 0.3 is 5.97 Å². The van der Waals surface area contributed by atoms with Gasteiger partial charge in [-0.2, -0.15) is 0 Å². The summed E-state index contributed by atoms with van der Waals surface area (Å²) in [6.07, 6.45) is -1.38. The van der Waals surface area contributed by atoms with Crippen molar-refractivity contribution in [3.05, 3.63) is 68.8 Å². The number of methoxy groups -OCH3 is 9. The third kappa shape index (κ3) is 4.11. The van der Waals surface area contributed by atoms with Crippen LogP contribution in [0.4, 0.5) is 0 Å². The second-order valence-electron chi connectivity index (χ2n) is 10.3. The normalized spacial score (nSPS) is 17.5. The Morgan fingerprint density at radius 2 is 1.34 bits per heavy atom. The zero-order valence-electron chi connectivity index (χ0n) is 26.5. The predicted octanol–water partition coefficient (Wildman–Crippen LogP) is 4.91. The summed E-state index contributed by atoms with van der Waals surface area (Å²) in [5.74, 6) is -1.50. The molecule has 44 heavy (non-hydrogen) atoms. The number of benzene rings is 3. The maximum absolute atomic E-state index is 14.6. The molecule has 0 aromatic heterocycles. The summed E-state index contributed by atoms with van der Waals surface area (Å²) in [7, 11) is 13.2. The van der Waals surface area contributed by atoms with E-state index in [9.17, 15) is 9.59 Å². The summed E-state index contributed by atoms with van der Waals surface area (Å²) in [6.45, 7) is 1.72. The SMILES string of the molecule is COC(=O)c1c(C)cc2c(c1OC)-c1cc3c(c(OC)c1C(=O)C2(OC)OC)C(OC)c1c(OC)cc(OC)cc1C3OC. The van der Waals surface area contributed by atoms with Crippen molar-refractivity contribution in [2.45, 2.75) is 24.9 Å². The first-order valence-electron chi connectivity index (χ1n) is 13.7. The fourth-order valence-electron chi connectivity index (χ4n) is 6.67. The number of fused-ring (bicyclic) bond motifs is 5. The number of rotatable bonds is 9. The second kappa shape index (κ2) is 11.7. The molecule has 2 aliphatic carbocycles. The predicted molar refractivity (Wildman–Crippen MR) is 158 cm³/mol. The third-order valence-corrected chi connectivity index (χ3v) is 8.52. The molecule has 234 valence electrons. The van der Waals surface area contributed by atoms with Crippen molar-refractivity contribution in [1.82, 2.24) is 0 Å². The second-order valence-corrected chi connectivity index (χ2v) is 10.3. The maximum atomic E-state index is 14.6. The smallest absolute Gasteiger partial charge is 0.341 e. The Morgan fingerprint density at radius 1 is 0.705 bits per heavy atom. The number of ether oxygens (including phenoxy) is 9. The Morgan fingerprint density at radius 3 is 1.86 bits per heavy atom. The van der Waals surface area contributed by atoms with Crippen molar-refractivity contribution in [3.63, 3.8) is 0 Å². The number of carbonyl (C=O) groups excluding carboxylic acids is 2. The van der Waals surface area contributed by atoms with E-state index in [2.05, 4.69) is 0 Å². The third-order valence-electron chi connectivity index (χ3n) is 8.52. The molecule has 2 aliphatic rings. The van der Waals surface area contributed by atoms with Gasteiger partial charge < -0.3 is 42.6 Å². The van der Waals surface area contributed by atoms with Crippen molar-refractivity contribution in [2.24, 2.45) is 0 Å².